The fourth-order valence-corrected chi connectivity index (χ4v) is 2.77. The number of anilines is 4. The predicted molar refractivity (Wildman–Crippen MR) is 122 cm³/mol. The Hall–Kier alpha value is -4.04. The van der Waals surface area contributed by atoms with E-state index in [9.17, 15) is 9.59 Å². The highest BCUT2D eigenvalue weighted by Gasteiger charge is 2.09. The second-order valence-electron chi connectivity index (χ2n) is 6.19. The Balaban J connectivity index is 1.74. The monoisotopic (exact) mass is 437 g/mol. The molecule has 0 saturated carbocycles. The minimum atomic E-state index is -0.370. The summed E-state index contributed by atoms with van der Waals surface area (Å²) in [6.07, 6.45) is 2.79. The van der Waals surface area contributed by atoms with Gasteiger partial charge in [-0.05, 0) is 36.4 Å². The molecule has 0 radical (unpaired) electrons. The fraction of sp³-hybridized carbons (Fsp3) is 0.0455. The summed E-state index contributed by atoms with van der Waals surface area (Å²) >= 11 is 6.22. The number of aromatic nitrogens is 1. The van der Waals surface area contributed by atoms with Crippen LogP contribution in [0.25, 0.3) is 0 Å². The second-order valence-corrected chi connectivity index (χ2v) is 6.60. The number of rotatable bonds is 7. The fourth-order valence-electron chi connectivity index (χ4n) is 2.55. The number of ether oxygens (including phenoxy) is 1. The molecule has 0 aliphatic carbocycles. The summed E-state index contributed by atoms with van der Waals surface area (Å²) in [6, 6.07) is 15.2. The molecule has 0 atom stereocenters. The maximum Gasteiger partial charge on any atom is 0.319 e. The lowest BCUT2D eigenvalue weighted by molar-refractivity contribution is -0.111. The van der Waals surface area contributed by atoms with Gasteiger partial charge in [0, 0.05) is 25.4 Å². The Labute approximate surface area is 184 Å². The van der Waals surface area contributed by atoms with Gasteiger partial charge in [-0.25, -0.2) is 9.78 Å². The van der Waals surface area contributed by atoms with Gasteiger partial charge in [-0.15, -0.1) is 0 Å². The zero-order chi connectivity index (χ0) is 22.2. The summed E-state index contributed by atoms with van der Waals surface area (Å²) in [6.45, 7) is 3.46. The lowest BCUT2D eigenvalue weighted by atomic mass is 10.2. The molecule has 0 unspecified atom stereocenters. The highest BCUT2D eigenvalue weighted by atomic mass is 35.5. The molecule has 0 saturated heterocycles. The number of nitrogens with one attached hydrogen (secondary N) is 4. The molecule has 0 bridgehead atoms. The van der Waals surface area contributed by atoms with E-state index in [1.54, 1.807) is 42.6 Å². The number of amides is 3. The molecule has 0 aliphatic heterocycles. The van der Waals surface area contributed by atoms with Gasteiger partial charge >= 0.3 is 6.03 Å². The van der Waals surface area contributed by atoms with Crippen molar-refractivity contribution in [3.63, 3.8) is 0 Å². The molecule has 158 valence electrons. The number of hydrogen-bond donors (Lipinski definition) is 4. The Kier molecular flexibility index (Phi) is 7.08. The largest absolute Gasteiger partial charge is 0.457 e. The molecule has 1 heterocycles. The molecular formula is C22H20ClN5O3. The van der Waals surface area contributed by atoms with Crippen LogP contribution >= 0.6 is 11.6 Å². The number of pyridine rings is 1. The summed E-state index contributed by atoms with van der Waals surface area (Å²) < 4.78 is 5.86. The average molecular weight is 438 g/mol. The van der Waals surface area contributed by atoms with E-state index in [0.717, 1.165) is 0 Å². The summed E-state index contributed by atoms with van der Waals surface area (Å²) in [5.41, 5.74) is 1.71. The van der Waals surface area contributed by atoms with Crippen LogP contribution < -0.4 is 26.0 Å². The van der Waals surface area contributed by atoms with E-state index in [2.05, 4.69) is 32.8 Å². The molecule has 4 N–H and O–H groups in total. The molecule has 1 aromatic heterocycles. The van der Waals surface area contributed by atoms with Crippen molar-refractivity contribution in [3.05, 3.63) is 78.5 Å². The first kappa shape index (κ1) is 21.7. The van der Waals surface area contributed by atoms with E-state index in [1.807, 2.05) is 18.2 Å². The molecule has 8 nitrogen and oxygen atoms in total. The van der Waals surface area contributed by atoms with E-state index in [1.165, 1.54) is 13.1 Å². The number of para-hydroxylation sites is 2. The number of carbonyl (C=O) groups is 2. The van der Waals surface area contributed by atoms with Crippen molar-refractivity contribution < 1.29 is 14.3 Å². The molecule has 3 amide bonds. The van der Waals surface area contributed by atoms with E-state index in [0.29, 0.717) is 39.4 Å². The predicted octanol–water partition coefficient (Wildman–Crippen LogP) is 5.15. The molecule has 3 aromatic rings. The van der Waals surface area contributed by atoms with Crippen LogP contribution in [0.5, 0.6) is 11.5 Å². The van der Waals surface area contributed by atoms with Crippen LogP contribution in [0, 0.1) is 0 Å². The lowest BCUT2D eigenvalue weighted by Gasteiger charge is -2.13. The van der Waals surface area contributed by atoms with E-state index in [4.69, 9.17) is 16.3 Å². The summed E-state index contributed by atoms with van der Waals surface area (Å²) in [4.78, 5) is 27.4. The Morgan fingerprint density at radius 3 is 2.45 bits per heavy atom. The summed E-state index contributed by atoms with van der Waals surface area (Å²) in [7, 11) is 1.52. The van der Waals surface area contributed by atoms with Gasteiger partial charge in [-0.3, -0.25) is 4.79 Å². The van der Waals surface area contributed by atoms with Gasteiger partial charge in [0.1, 0.15) is 17.3 Å². The van der Waals surface area contributed by atoms with Crippen molar-refractivity contribution in [2.24, 2.45) is 0 Å². The van der Waals surface area contributed by atoms with Crippen LogP contribution in [0.1, 0.15) is 0 Å². The van der Waals surface area contributed by atoms with E-state index in [-0.39, 0.29) is 11.9 Å². The smallest absolute Gasteiger partial charge is 0.319 e. The standard InChI is InChI=1S/C22H20ClN5O3/c1-3-21(29)27-19-7-5-4-6-18(19)26-20-13-15(10-11-25-20)31-14-8-9-17(16(23)12-14)28-22(30)24-2/h3-13H,1H2,2H3,(H,25,26)(H,27,29)(H2,24,28,30). The van der Waals surface area contributed by atoms with Crippen LogP contribution in [0.4, 0.5) is 27.7 Å². The zero-order valence-corrected chi connectivity index (χ0v) is 17.4. The molecule has 0 spiro atoms. The van der Waals surface area contributed by atoms with Crippen LogP contribution in [-0.2, 0) is 4.79 Å². The molecular weight excluding hydrogens is 418 g/mol. The van der Waals surface area contributed by atoms with Gasteiger partial charge in [-0.1, -0.05) is 30.3 Å². The van der Waals surface area contributed by atoms with Gasteiger partial charge in [-0.2, -0.15) is 0 Å². The summed E-state index contributed by atoms with van der Waals surface area (Å²) in [5.74, 6) is 1.21. The van der Waals surface area contributed by atoms with E-state index < -0.39 is 0 Å². The topological polar surface area (TPSA) is 104 Å². The SMILES string of the molecule is C=CC(=O)Nc1ccccc1Nc1cc(Oc2ccc(NC(=O)NC)c(Cl)c2)ccn1. The molecule has 0 aliphatic rings. The van der Waals surface area contributed by atoms with Crippen LogP contribution in [-0.4, -0.2) is 24.0 Å². The van der Waals surface area contributed by atoms with Gasteiger partial charge in [0.15, 0.2) is 0 Å². The first-order valence-corrected chi connectivity index (χ1v) is 9.58. The highest BCUT2D eigenvalue weighted by Crippen LogP contribution is 2.31. The number of nitrogens with zero attached hydrogens (tertiary/aromatic N) is 1. The lowest BCUT2D eigenvalue weighted by Crippen LogP contribution is -2.24. The van der Waals surface area contributed by atoms with Gasteiger partial charge in [0.25, 0.3) is 0 Å². The molecule has 0 fully saturated rings. The second kappa shape index (κ2) is 10.1. The number of carbonyl (C=O) groups excluding carboxylic acids is 2. The molecule has 3 rings (SSSR count). The number of urea groups is 1. The summed E-state index contributed by atoms with van der Waals surface area (Å²) in [5, 5.41) is 11.3. The van der Waals surface area contributed by atoms with Crippen molar-refractivity contribution in [3.8, 4) is 11.5 Å². The third-order valence-electron chi connectivity index (χ3n) is 4.02. The third kappa shape index (κ3) is 5.97. The van der Waals surface area contributed by atoms with E-state index >= 15 is 0 Å². The highest BCUT2D eigenvalue weighted by molar-refractivity contribution is 6.33. The van der Waals surface area contributed by atoms with Crippen LogP contribution in [0.3, 0.4) is 0 Å². The van der Waals surface area contributed by atoms with Crippen molar-refractivity contribution in [1.29, 1.82) is 0 Å². The van der Waals surface area contributed by atoms with Crippen LogP contribution in [0.15, 0.2) is 73.4 Å². The first-order chi connectivity index (χ1) is 15.0. The quantitative estimate of drug-likeness (QED) is 0.383. The number of benzene rings is 2. The normalized spacial score (nSPS) is 10.0. The number of halogens is 1. The minimum absolute atomic E-state index is 0.314. The number of hydrogen-bond acceptors (Lipinski definition) is 5. The maximum atomic E-state index is 11.6. The van der Waals surface area contributed by atoms with Crippen molar-refractivity contribution in [2.75, 3.05) is 23.0 Å². The Bertz CT molecular complexity index is 1120. The van der Waals surface area contributed by atoms with Gasteiger partial charge in [0.2, 0.25) is 5.91 Å². The minimum Gasteiger partial charge on any atom is -0.457 e. The maximum absolute atomic E-state index is 11.6. The zero-order valence-electron chi connectivity index (χ0n) is 16.6. The van der Waals surface area contributed by atoms with Crippen molar-refractivity contribution in [1.82, 2.24) is 10.3 Å². The Morgan fingerprint density at radius 1 is 1.00 bits per heavy atom. The van der Waals surface area contributed by atoms with Crippen molar-refractivity contribution >= 4 is 46.4 Å². The molecule has 2 aromatic carbocycles. The first-order valence-electron chi connectivity index (χ1n) is 9.20. The van der Waals surface area contributed by atoms with Gasteiger partial charge in [0.05, 0.1) is 22.1 Å². The third-order valence-corrected chi connectivity index (χ3v) is 4.33. The van der Waals surface area contributed by atoms with Crippen LogP contribution in [0.2, 0.25) is 5.02 Å². The molecule has 9 heteroatoms. The van der Waals surface area contributed by atoms with Crippen molar-refractivity contribution in [2.45, 2.75) is 0 Å². The molecule has 31 heavy (non-hydrogen) atoms. The average Bonchev–Trinajstić information content (AvgIpc) is 2.77. The Morgan fingerprint density at radius 2 is 1.74 bits per heavy atom. The van der Waals surface area contributed by atoms with Gasteiger partial charge < -0.3 is 26.0 Å².